The number of rotatable bonds is 8. The van der Waals surface area contributed by atoms with E-state index in [1.807, 2.05) is 7.05 Å². The van der Waals surface area contributed by atoms with Gasteiger partial charge < -0.3 is 20.2 Å². The molecule has 2 atom stereocenters. The molecule has 6 nitrogen and oxygen atoms in total. The van der Waals surface area contributed by atoms with Crippen molar-refractivity contribution in [3.63, 3.8) is 0 Å². The first-order chi connectivity index (χ1) is 15.2. The van der Waals surface area contributed by atoms with Crippen LogP contribution >= 0.6 is 0 Å². The topological polar surface area (TPSA) is 93.9 Å². The fourth-order valence-electron chi connectivity index (χ4n) is 4.20. The molecule has 0 aliphatic carbocycles. The summed E-state index contributed by atoms with van der Waals surface area (Å²) < 4.78 is 13.6. The van der Waals surface area contributed by atoms with Gasteiger partial charge in [-0.15, -0.1) is 0 Å². The van der Waals surface area contributed by atoms with Crippen molar-refractivity contribution in [3.8, 4) is 11.1 Å². The first-order valence-corrected chi connectivity index (χ1v) is 11.0. The summed E-state index contributed by atoms with van der Waals surface area (Å²) >= 11 is 0. The van der Waals surface area contributed by atoms with Crippen LogP contribution < -0.4 is 4.90 Å². The number of aliphatic carboxylic acids is 1. The van der Waals surface area contributed by atoms with Crippen molar-refractivity contribution in [2.75, 3.05) is 18.5 Å². The molecular formula is C25H31FN2O4. The van der Waals surface area contributed by atoms with Crippen molar-refractivity contribution in [3.05, 3.63) is 53.0 Å². The normalized spacial score (nSPS) is 15.8. The van der Waals surface area contributed by atoms with E-state index in [0.717, 1.165) is 53.2 Å². The Labute approximate surface area is 188 Å². The van der Waals surface area contributed by atoms with E-state index in [4.69, 9.17) is 10.1 Å². The standard InChI is InChI=1S/C25H31FN2O4/c1-15(2)24-20(11-10-18(29)13-19(30)14-22(31)32)23(16-6-8-17(26)9-7-16)21-5-4-12-28(3)25(21)27-24/h6-11,15,18-19,29-30H,4-5,12-14H2,1-3H3,(H,31,32)/t18-,19-/m1/s1. The zero-order valence-corrected chi connectivity index (χ0v) is 18.8. The SMILES string of the molecule is CC(C)c1nc2c(c(-c3ccc(F)cc3)c1C=C[C@@H](O)C[C@@H](O)CC(=O)O)CCCN2C. The summed E-state index contributed by atoms with van der Waals surface area (Å²) in [6.07, 6.45) is 2.55. The molecule has 3 N–H and O–H groups in total. The number of hydrogen-bond donors (Lipinski definition) is 3. The number of carboxylic acids is 1. The maximum absolute atomic E-state index is 13.6. The monoisotopic (exact) mass is 442 g/mol. The predicted molar refractivity (Wildman–Crippen MR) is 123 cm³/mol. The van der Waals surface area contributed by atoms with Crippen LogP contribution in [0.5, 0.6) is 0 Å². The van der Waals surface area contributed by atoms with E-state index in [1.54, 1.807) is 24.3 Å². The Morgan fingerprint density at radius 2 is 1.94 bits per heavy atom. The van der Waals surface area contributed by atoms with Gasteiger partial charge in [-0.3, -0.25) is 4.79 Å². The number of aromatic nitrogens is 1. The van der Waals surface area contributed by atoms with Crippen LogP contribution in [0.25, 0.3) is 17.2 Å². The lowest BCUT2D eigenvalue weighted by molar-refractivity contribution is -0.139. The number of aliphatic hydroxyl groups excluding tert-OH is 2. The molecule has 0 bridgehead atoms. The maximum atomic E-state index is 13.6. The van der Waals surface area contributed by atoms with Gasteiger partial charge in [0.15, 0.2) is 0 Å². The molecule has 2 aromatic rings. The van der Waals surface area contributed by atoms with Crippen molar-refractivity contribution in [2.45, 2.75) is 57.7 Å². The summed E-state index contributed by atoms with van der Waals surface area (Å²) in [5.41, 5.74) is 4.66. The van der Waals surface area contributed by atoms with Crippen LogP contribution in [0.2, 0.25) is 0 Å². The van der Waals surface area contributed by atoms with Gasteiger partial charge in [-0.1, -0.05) is 38.1 Å². The van der Waals surface area contributed by atoms with Crippen molar-refractivity contribution in [1.29, 1.82) is 0 Å². The second-order valence-corrected chi connectivity index (χ2v) is 8.69. The Morgan fingerprint density at radius 1 is 1.25 bits per heavy atom. The molecule has 2 heterocycles. The highest BCUT2D eigenvalue weighted by molar-refractivity contribution is 5.83. The Balaban J connectivity index is 2.10. The molecule has 3 rings (SSSR count). The number of carboxylic acid groups (broad SMARTS) is 1. The van der Waals surface area contributed by atoms with Crippen LogP contribution in [0.1, 0.15) is 55.8 Å². The maximum Gasteiger partial charge on any atom is 0.305 e. The van der Waals surface area contributed by atoms with Crippen molar-refractivity contribution in [2.24, 2.45) is 0 Å². The Hall–Kier alpha value is -2.77. The largest absolute Gasteiger partial charge is 0.481 e. The molecule has 1 aromatic heterocycles. The van der Waals surface area contributed by atoms with Crippen LogP contribution in [-0.2, 0) is 11.2 Å². The van der Waals surface area contributed by atoms with E-state index in [0.29, 0.717) is 0 Å². The summed E-state index contributed by atoms with van der Waals surface area (Å²) in [7, 11) is 2.02. The zero-order valence-electron chi connectivity index (χ0n) is 18.8. The quantitative estimate of drug-likeness (QED) is 0.572. The van der Waals surface area contributed by atoms with Crippen LogP contribution in [-0.4, -0.2) is 52.1 Å². The predicted octanol–water partition coefficient (Wildman–Crippen LogP) is 3.99. The summed E-state index contributed by atoms with van der Waals surface area (Å²) in [5, 5.41) is 29.1. The van der Waals surface area contributed by atoms with Gasteiger partial charge in [0.2, 0.25) is 0 Å². The summed E-state index contributed by atoms with van der Waals surface area (Å²) in [6, 6.07) is 6.39. The van der Waals surface area contributed by atoms with E-state index >= 15 is 0 Å². The average Bonchev–Trinajstić information content (AvgIpc) is 2.71. The van der Waals surface area contributed by atoms with Gasteiger partial charge in [-0.05, 0) is 42.0 Å². The number of anilines is 1. The van der Waals surface area contributed by atoms with Gasteiger partial charge in [0.1, 0.15) is 11.6 Å². The highest BCUT2D eigenvalue weighted by atomic mass is 19.1. The molecular weight excluding hydrogens is 411 g/mol. The van der Waals surface area contributed by atoms with E-state index in [9.17, 15) is 19.4 Å². The molecule has 172 valence electrons. The van der Waals surface area contributed by atoms with E-state index in [-0.39, 0.29) is 18.2 Å². The van der Waals surface area contributed by atoms with Crippen LogP contribution in [0, 0.1) is 5.82 Å². The van der Waals surface area contributed by atoms with Gasteiger partial charge in [-0.25, -0.2) is 9.37 Å². The van der Waals surface area contributed by atoms with Crippen LogP contribution in [0.4, 0.5) is 10.2 Å². The highest BCUT2D eigenvalue weighted by Gasteiger charge is 2.25. The number of hydrogen-bond acceptors (Lipinski definition) is 5. The number of halogens is 1. The average molecular weight is 443 g/mol. The van der Waals surface area contributed by atoms with Gasteiger partial charge in [0.25, 0.3) is 0 Å². The third-order valence-electron chi connectivity index (χ3n) is 5.71. The lowest BCUT2D eigenvalue weighted by Gasteiger charge is -2.31. The second-order valence-electron chi connectivity index (χ2n) is 8.69. The molecule has 7 heteroatoms. The lowest BCUT2D eigenvalue weighted by atomic mass is 9.87. The van der Waals surface area contributed by atoms with E-state index in [2.05, 4.69) is 18.7 Å². The van der Waals surface area contributed by atoms with Crippen LogP contribution in [0.15, 0.2) is 30.3 Å². The van der Waals surface area contributed by atoms with E-state index in [1.165, 1.54) is 12.1 Å². The molecule has 0 fully saturated rings. The Morgan fingerprint density at radius 3 is 2.56 bits per heavy atom. The third-order valence-corrected chi connectivity index (χ3v) is 5.71. The number of benzene rings is 1. The molecule has 0 amide bonds. The van der Waals surface area contributed by atoms with Gasteiger partial charge >= 0.3 is 5.97 Å². The molecule has 0 radical (unpaired) electrons. The molecule has 0 spiro atoms. The molecule has 0 unspecified atom stereocenters. The minimum atomic E-state index is -1.14. The molecule has 1 aliphatic heterocycles. The minimum absolute atomic E-state index is 0.0766. The first kappa shape index (κ1) is 23.9. The summed E-state index contributed by atoms with van der Waals surface area (Å²) in [6.45, 7) is 5.02. The van der Waals surface area contributed by atoms with Gasteiger partial charge in [0.05, 0.1) is 24.3 Å². The summed E-state index contributed by atoms with van der Waals surface area (Å²) in [4.78, 5) is 17.9. The summed E-state index contributed by atoms with van der Waals surface area (Å²) in [5.74, 6) is -0.395. The third kappa shape index (κ3) is 5.53. The molecule has 1 aliphatic rings. The van der Waals surface area contributed by atoms with Crippen LogP contribution in [0.3, 0.4) is 0 Å². The molecule has 32 heavy (non-hydrogen) atoms. The smallest absolute Gasteiger partial charge is 0.305 e. The number of fused-ring (bicyclic) bond motifs is 1. The molecule has 1 aromatic carbocycles. The van der Waals surface area contributed by atoms with Gasteiger partial charge in [-0.2, -0.15) is 0 Å². The fraction of sp³-hybridized carbons (Fsp3) is 0.440. The van der Waals surface area contributed by atoms with E-state index < -0.39 is 24.6 Å². The number of carbonyl (C=O) groups is 1. The second kappa shape index (κ2) is 10.2. The minimum Gasteiger partial charge on any atom is -0.481 e. The van der Waals surface area contributed by atoms with Crippen molar-refractivity contribution in [1.82, 2.24) is 4.98 Å². The van der Waals surface area contributed by atoms with Crippen molar-refractivity contribution >= 4 is 17.9 Å². The zero-order chi connectivity index (χ0) is 23.4. The number of nitrogens with zero attached hydrogens (tertiary/aromatic N) is 2. The molecule has 0 saturated carbocycles. The number of pyridine rings is 1. The Bertz CT molecular complexity index is 988. The Kier molecular flexibility index (Phi) is 7.64. The number of aliphatic hydroxyl groups is 2. The molecule has 0 saturated heterocycles. The van der Waals surface area contributed by atoms with Crippen molar-refractivity contribution < 1.29 is 24.5 Å². The highest BCUT2D eigenvalue weighted by Crippen LogP contribution is 2.40. The first-order valence-electron chi connectivity index (χ1n) is 11.0. The lowest BCUT2D eigenvalue weighted by Crippen LogP contribution is -2.27. The fourth-order valence-corrected chi connectivity index (χ4v) is 4.20. The van der Waals surface area contributed by atoms with Gasteiger partial charge in [0, 0.05) is 31.1 Å².